The minimum absolute atomic E-state index is 0.169. The Morgan fingerprint density at radius 3 is 2.88 bits per heavy atom. The molecule has 0 fully saturated rings. The standard InChI is InChI=1S/C13H22N2O2/c1-3-15(10-12-7-5-9-17-12)13(16)8-4-6-11(2)14/h5,7,9,11H,3-4,6,8,10,14H2,1-2H3. The Kier molecular flexibility index (Phi) is 5.77. The van der Waals surface area contributed by atoms with Crippen LogP contribution >= 0.6 is 0 Å². The predicted octanol–water partition coefficient (Wildman–Crippen LogP) is 2.15. The first-order valence-electron chi connectivity index (χ1n) is 6.19. The third kappa shape index (κ3) is 5.04. The van der Waals surface area contributed by atoms with E-state index in [0.29, 0.717) is 19.5 Å². The number of nitrogens with zero attached hydrogens (tertiary/aromatic N) is 1. The van der Waals surface area contributed by atoms with Crippen LogP contribution in [-0.2, 0) is 11.3 Å². The summed E-state index contributed by atoms with van der Waals surface area (Å²) >= 11 is 0. The van der Waals surface area contributed by atoms with Crippen LogP contribution in [0.5, 0.6) is 0 Å². The minimum atomic E-state index is 0.169. The molecule has 96 valence electrons. The van der Waals surface area contributed by atoms with E-state index in [4.69, 9.17) is 10.2 Å². The second kappa shape index (κ2) is 7.12. The number of hydrogen-bond donors (Lipinski definition) is 1. The van der Waals surface area contributed by atoms with E-state index in [-0.39, 0.29) is 11.9 Å². The van der Waals surface area contributed by atoms with Crippen LogP contribution in [0, 0.1) is 0 Å². The van der Waals surface area contributed by atoms with E-state index in [1.54, 1.807) is 11.2 Å². The highest BCUT2D eigenvalue weighted by Crippen LogP contribution is 2.08. The van der Waals surface area contributed by atoms with Crippen LogP contribution in [-0.4, -0.2) is 23.4 Å². The fourth-order valence-corrected chi connectivity index (χ4v) is 1.70. The second-order valence-electron chi connectivity index (χ2n) is 4.36. The van der Waals surface area contributed by atoms with Crippen LogP contribution in [0.25, 0.3) is 0 Å². The van der Waals surface area contributed by atoms with Gasteiger partial charge in [0.1, 0.15) is 5.76 Å². The molecule has 1 amide bonds. The second-order valence-corrected chi connectivity index (χ2v) is 4.36. The van der Waals surface area contributed by atoms with Gasteiger partial charge in [0.15, 0.2) is 0 Å². The molecule has 2 N–H and O–H groups in total. The molecule has 1 aromatic rings. The molecular formula is C13H22N2O2. The van der Waals surface area contributed by atoms with Gasteiger partial charge in [0.2, 0.25) is 5.91 Å². The Hall–Kier alpha value is -1.29. The first-order chi connectivity index (χ1) is 8.13. The van der Waals surface area contributed by atoms with Crippen LogP contribution in [0.2, 0.25) is 0 Å². The maximum absolute atomic E-state index is 11.9. The summed E-state index contributed by atoms with van der Waals surface area (Å²) in [5.74, 6) is 0.997. The molecule has 1 rings (SSSR count). The molecule has 4 nitrogen and oxygen atoms in total. The molecule has 0 aromatic carbocycles. The van der Waals surface area contributed by atoms with Crippen molar-refractivity contribution in [3.05, 3.63) is 24.2 Å². The molecule has 1 aromatic heterocycles. The first-order valence-corrected chi connectivity index (χ1v) is 6.19. The SMILES string of the molecule is CCN(Cc1ccco1)C(=O)CCCC(C)N. The maximum Gasteiger partial charge on any atom is 0.222 e. The van der Waals surface area contributed by atoms with E-state index >= 15 is 0 Å². The van der Waals surface area contributed by atoms with Gasteiger partial charge in [-0.3, -0.25) is 4.79 Å². The molecule has 0 aliphatic heterocycles. The number of furan rings is 1. The molecule has 0 bridgehead atoms. The maximum atomic E-state index is 11.9. The van der Waals surface area contributed by atoms with Gasteiger partial charge in [0, 0.05) is 19.0 Å². The number of hydrogen-bond acceptors (Lipinski definition) is 3. The van der Waals surface area contributed by atoms with Crippen molar-refractivity contribution >= 4 is 5.91 Å². The van der Waals surface area contributed by atoms with Crippen LogP contribution in [0.3, 0.4) is 0 Å². The summed E-state index contributed by atoms with van der Waals surface area (Å²) in [6, 6.07) is 3.89. The third-order valence-electron chi connectivity index (χ3n) is 2.71. The van der Waals surface area contributed by atoms with E-state index in [1.165, 1.54) is 0 Å². The minimum Gasteiger partial charge on any atom is -0.467 e. The number of amides is 1. The highest BCUT2D eigenvalue weighted by molar-refractivity contribution is 5.76. The lowest BCUT2D eigenvalue weighted by atomic mass is 10.1. The summed E-state index contributed by atoms with van der Waals surface area (Å²) in [6.07, 6.45) is 3.94. The molecule has 0 aliphatic carbocycles. The van der Waals surface area contributed by atoms with Crippen molar-refractivity contribution in [2.24, 2.45) is 5.73 Å². The van der Waals surface area contributed by atoms with Gasteiger partial charge >= 0.3 is 0 Å². The smallest absolute Gasteiger partial charge is 0.222 e. The molecular weight excluding hydrogens is 216 g/mol. The Morgan fingerprint density at radius 2 is 2.35 bits per heavy atom. The van der Waals surface area contributed by atoms with Gasteiger partial charge in [-0.15, -0.1) is 0 Å². The molecule has 1 unspecified atom stereocenters. The summed E-state index contributed by atoms with van der Waals surface area (Å²) in [4.78, 5) is 13.7. The highest BCUT2D eigenvalue weighted by Gasteiger charge is 2.13. The number of nitrogens with two attached hydrogens (primary N) is 1. The summed E-state index contributed by atoms with van der Waals surface area (Å²) in [5, 5.41) is 0. The molecule has 0 radical (unpaired) electrons. The fraction of sp³-hybridized carbons (Fsp3) is 0.615. The lowest BCUT2D eigenvalue weighted by Gasteiger charge is -2.19. The summed E-state index contributed by atoms with van der Waals surface area (Å²) < 4.78 is 5.24. The molecule has 0 saturated heterocycles. The zero-order valence-corrected chi connectivity index (χ0v) is 10.7. The summed E-state index contributed by atoms with van der Waals surface area (Å²) in [5.41, 5.74) is 5.66. The van der Waals surface area contributed by atoms with Crippen molar-refractivity contribution in [2.75, 3.05) is 6.54 Å². The van der Waals surface area contributed by atoms with Gasteiger partial charge in [-0.1, -0.05) is 0 Å². The lowest BCUT2D eigenvalue weighted by Crippen LogP contribution is -2.30. The lowest BCUT2D eigenvalue weighted by molar-refractivity contribution is -0.132. The van der Waals surface area contributed by atoms with E-state index in [9.17, 15) is 4.79 Å². The topological polar surface area (TPSA) is 59.5 Å². The number of carbonyl (C=O) groups excluding carboxylic acids is 1. The Labute approximate surface area is 103 Å². The van der Waals surface area contributed by atoms with E-state index in [2.05, 4.69) is 0 Å². The average Bonchev–Trinajstić information content (AvgIpc) is 2.77. The van der Waals surface area contributed by atoms with Crippen LogP contribution in [0.1, 0.15) is 38.9 Å². The zero-order chi connectivity index (χ0) is 12.7. The molecule has 1 heterocycles. The van der Waals surface area contributed by atoms with Crippen molar-refractivity contribution in [3.63, 3.8) is 0 Å². The highest BCUT2D eigenvalue weighted by atomic mass is 16.3. The zero-order valence-electron chi connectivity index (χ0n) is 10.7. The normalized spacial score (nSPS) is 12.4. The Morgan fingerprint density at radius 1 is 1.59 bits per heavy atom. The van der Waals surface area contributed by atoms with Gasteiger partial charge in [-0.05, 0) is 38.8 Å². The van der Waals surface area contributed by atoms with Crippen LogP contribution < -0.4 is 5.73 Å². The first kappa shape index (κ1) is 13.8. The molecule has 1 atom stereocenters. The van der Waals surface area contributed by atoms with Crippen molar-refractivity contribution < 1.29 is 9.21 Å². The number of carbonyl (C=O) groups is 1. The van der Waals surface area contributed by atoms with Crippen LogP contribution in [0.15, 0.2) is 22.8 Å². The van der Waals surface area contributed by atoms with Gasteiger partial charge in [-0.25, -0.2) is 0 Å². The quantitative estimate of drug-likeness (QED) is 0.791. The van der Waals surface area contributed by atoms with Crippen molar-refractivity contribution in [1.29, 1.82) is 0 Å². The van der Waals surface area contributed by atoms with Crippen molar-refractivity contribution in [2.45, 2.75) is 45.7 Å². The van der Waals surface area contributed by atoms with Gasteiger partial charge < -0.3 is 15.1 Å². The molecule has 4 heteroatoms. The van der Waals surface area contributed by atoms with Crippen molar-refractivity contribution in [1.82, 2.24) is 4.90 Å². The third-order valence-corrected chi connectivity index (χ3v) is 2.71. The molecule has 0 spiro atoms. The summed E-state index contributed by atoms with van der Waals surface area (Å²) in [6.45, 7) is 5.20. The predicted molar refractivity (Wildman–Crippen MR) is 67.3 cm³/mol. The van der Waals surface area contributed by atoms with Gasteiger partial charge in [0.05, 0.1) is 12.8 Å². The van der Waals surface area contributed by atoms with E-state index in [0.717, 1.165) is 18.6 Å². The van der Waals surface area contributed by atoms with Crippen LogP contribution in [0.4, 0.5) is 0 Å². The largest absolute Gasteiger partial charge is 0.467 e. The Bertz CT molecular complexity index is 320. The average molecular weight is 238 g/mol. The van der Waals surface area contributed by atoms with E-state index < -0.39 is 0 Å². The van der Waals surface area contributed by atoms with Gasteiger partial charge in [0.25, 0.3) is 0 Å². The number of rotatable bonds is 7. The molecule has 17 heavy (non-hydrogen) atoms. The van der Waals surface area contributed by atoms with Crippen molar-refractivity contribution in [3.8, 4) is 0 Å². The van der Waals surface area contributed by atoms with Gasteiger partial charge in [-0.2, -0.15) is 0 Å². The van der Waals surface area contributed by atoms with E-state index in [1.807, 2.05) is 26.0 Å². The monoisotopic (exact) mass is 238 g/mol. The Balaban J connectivity index is 2.36. The molecule has 0 saturated carbocycles. The fourth-order valence-electron chi connectivity index (χ4n) is 1.70. The summed E-state index contributed by atoms with van der Waals surface area (Å²) in [7, 11) is 0. The molecule has 0 aliphatic rings.